The van der Waals surface area contributed by atoms with Crippen LogP contribution in [0.15, 0.2) is 42.5 Å². The van der Waals surface area contributed by atoms with Gasteiger partial charge >= 0.3 is 0 Å². The summed E-state index contributed by atoms with van der Waals surface area (Å²) in [5.41, 5.74) is 3.92. The van der Waals surface area contributed by atoms with Crippen LogP contribution in [0, 0.1) is 11.3 Å². The maximum Gasteiger partial charge on any atom is 0.121 e. The zero-order chi connectivity index (χ0) is 17.2. The van der Waals surface area contributed by atoms with E-state index in [9.17, 15) is 0 Å². The van der Waals surface area contributed by atoms with Crippen LogP contribution in [0.2, 0.25) is 0 Å². The Labute approximate surface area is 146 Å². The number of aromatic nitrogens is 2. The Morgan fingerprint density at radius 1 is 1.32 bits per heavy atom. The van der Waals surface area contributed by atoms with Gasteiger partial charge in [0.05, 0.1) is 29.8 Å². The van der Waals surface area contributed by atoms with Gasteiger partial charge in [-0.25, -0.2) is 4.98 Å². The molecule has 25 heavy (non-hydrogen) atoms. The predicted octanol–water partition coefficient (Wildman–Crippen LogP) is 3.43. The van der Waals surface area contributed by atoms with Crippen LogP contribution in [0.25, 0.3) is 11.0 Å². The summed E-state index contributed by atoms with van der Waals surface area (Å²) in [5.74, 6) is 2.31. The average molecular weight is 332 g/mol. The quantitative estimate of drug-likeness (QED) is 0.795. The first-order valence-electron chi connectivity index (χ1n) is 8.50. The van der Waals surface area contributed by atoms with Crippen molar-refractivity contribution in [3.63, 3.8) is 0 Å². The minimum Gasteiger partial charge on any atom is -0.497 e. The molecule has 1 aromatic heterocycles. The maximum atomic E-state index is 9.04. The number of imidazole rings is 1. The Kier molecular flexibility index (Phi) is 4.12. The van der Waals surface area contributed by atoms with Crippen molar-refractivity contribution in [3.8, 4) is 11.8 Å². The highest BCUT2D eigenvalue weighted by Gasteiger charge is 2.26. The smallest absolute Gasteiger partial charge is 0.121 e. The lowest BCUT2D eigenvalue weighted by molar-refractivity contribution is 0.326. The van der Waals surface area contributed by atoms with E-state index in [-0.39, 0.29) is 0 Å². The van der Waals surface area contributed by atoms with Gasteiger partial charge in [0.25, 0.3) is 0 Å². The summed E-state index contributed by atoms with van der Waals surface area (Å²) in [4.78, 5) is 10.6. The summed E-state index contributed by atoms with van der Waals surface area (Å²) in [6, 6.07) is 16.0. The Morgan fingerprint density at radius 3 is 3.08 bits per heavy atom. The number of H-pyrrole nitrogens is 1. The number of hydrogen-bond donors (Lipinski definition) is 1. The minimum atomic E-state index is 0.414. The number of likely N-dealkylation sites (tertiary alicyclic amines) is 1. The molecule has 5 heteroatoms. The maximum absolute atomic E-state index is 9.04. The molecule has 0 aliphatic carbocycles. The van der Waals surface area contributed by atoms with Crippen molar-refractivity contribution in [3.05, 3.63) is 59.4 Å². The van der Waals surface area contributed by atoms with Crippen LogP contribution < -0.4 is 4.74 Å². The van der Waals surface area contributed by atoms with Crippen molar-refractivity contribution < 1.29 is 4.74 Å². The molecule has 3 aromatic rings. The van der Waals surface area contributed by atoms with E-state index in [0.29, 0.717) is 5.92 Å². The molecule has 5 nitrogen and oxygen atoms in total. The number of fused-ring (bicyclic) bond motifs is 1. The molecule has 0 spiro atoms. The van der Waals surface area contributed by atoms with E-state index < -0.39 is 0 Å². The van der Waals surface area contributed by atoms with Gasteiger partial charge in [-0.2, -0.15) is 5.26 Å². The summed E-state index contributed by atoms with van der Waals surface area (Å²) in [6.45, 7) is 2.90. The zero-order valence-corrected chi connectivity index (χ0v) is 14.2. The van der Waals surface area contributed by atoms with Gasteiger partial charge in [0.2, 0.25) is 0 Å². The summed E-state index contributed by atoms with van der Waals surface area (Å²) < 4.78 is 5.28. The van der Waals surface area contributed by atoms with Crippen molar-refractivity contribution in [2.45, 2.75) is 18.9 Å². The number of ether oxygens (including phenoxy) is 1. The Bertz CT molecular complexity index is 940. The van der Waals surface area contributed by atoms with Gasteiger partial charge in [0.15, 0.2) is 0 Å². The highest BCUT2D eigenvalue weighted by atomic mass is 16.5. The van der Waals surface area contributed by atoms with Crippen LogP contribution in [0.1, 0.15) is 29.3 Å². The molecule has 1 unspecified atom stereocenters. The standard InChI is InChI=1S/C20H20N4O/c1-25-17-5-6-18-19(10-17)23-20(22-18)16-7-8-24(13-16)12-15-4-2-3-14(9-15)11-21/h2-6,9-10,16H,7-8,12-13H2,1H3,(H,22,23). The highest BCUT2D eigenvalue weighted by Crippen LogP contribution is 2.29. The SMILES string of the molecule is COc1ccc2nc(C3CCN(Cc4cccc(C#N)c4)C3)[nH]c2c1. The molecule has 1 N–H and O–H groups in total. The molecular formula is C20H20N4O. The fourth-order valence-electron chi connectivity index (χ4n) is 3.53. The molecule has 0 amide bonds. The largest absolute Gasteiger partial charge is 0.497 e. The van der Waals surface area contributed by atoms with Gasteiger partial charge in [-0.1, -0.05) is 12.1 Å². The molecule has 1 aliphatic rings. The molecular weight excluding hydrogens is 312 g/mol. The lowest BCUT2D eigenvalue weighted by Gasteiger charge is -2.15. The number of methoxy groups -OCH3 is 1. The van der Waals surface area contributed by atoms with Gasteiger partial charge in [0.1, 0.15) is 11.6 Å². The lowest BCUT2D eigenvalue weighted by atomic mass is 10.1. The van der Waals surface area contributed by atoms with E-state index in [1.807, 2.05) is 36.4 Å². The number of benzene rings is 2. The second-order valence-corrected chi connectivity index (χ2v) is 6.54. The number of nitrogens with zero attached hydrogens (tertiary/aromatic N) is 3. The van der Waals surface area contributed by atoms with Crippen LogP contribution in [0.3, 0.4) is 0 Å². The third kappa shape index (κ3) is 3.21. The lowest BCUT2D eigenvalue weighted by Crippen LogP contribution is -2.20. The molecule has 0 radical (unpaired) electrons. The fourth-order valence-corrected chi connectivity index (χ4v) is 3.53. The average Bonchev–Trinajstić information content (AvgIpc) is 3.27. The van der Waals surface area contributed by atoms with Gasteiger partial charge in [-0.15, -0.1) is 0 Å². The van der Waals surface area contributed by atoms with Crippen molar-refractivity contribution >= 4 is 11.0 Å². The molecule has 4 rings (SSSR count). The van der Waals surface area contributed by atoms with E-state index in [1.165, 1.54) is 5.56 Å². The van der Waals surface area contributed by atoms with E-state index in [0.717, 1.165) is 54.2 Å². The molecule has 0 bridgehead atoms. The molecule has 126 valence electrons. The van der Waals surface area contributed by atoms with Crippen molar-refractivity contribution in [1.29, 1.82) is 5.26 Å². The molecule has 1 atom stereocenters. The number of nitriles is 1. The zero-order valence-electron chi connectivity index (χ0n) is 14.2. The van der Waals surface area contributed by atoms with Gasteiger partial charge in [-0.05, 0) is 42.8 Å². The Balaban J connectivity index is 1.47. The van der Waals surface area contributed by atoms with E-state index in [1.54, 1.807) is 7.11 Å². The number of rotatable bonds is 4. The van der Waals surface area contributed by atoms with Gasteiger partial charge in [-0.3, -0.25) is 4.90 Å². The first kappa shape index (κ1) is 15.7. The topological polar surface area (TPSA) is 64.9 Å². The fraction of sp³-hybridized carbons (Fsp3) is 0.300. The third-order valence-electron chi connectivity index (χ3n) is 4.83. The van der Waals surface area contributed by atoms with Crippen LogP contribution in [0.4, 0.5) is 0 Å². The Hall–Kier alpha value is -2.84. The van der Waals surface area contributed by atoms with Crippen molar-refractivity contribution in [2.75, 3.05) is 20.2 Å². The molecule has 0 saturated carbocycles. The van der Waals surface area contributed by atoms with Crippen LogP contribution >= 0.6 is 0 Å². The second kappa shape index (κ2) is 6.58. The molecule has 1 aliphatic heterocycles. The normalized spacial score (nSPS) is 17.7. The van der Waals surface area contributed by atoms with Crippen molar-refractivity contribution in [2.24, 2.45) is 0 Å². The molecule has 2 heterocycles. The summed E-state index contributed by atoms with van der Waals surface area (Å²) in [7, 11) is 1.68. The monoisotopic (exact) mass is 332 g/mol. The third-order valence-corrected chi connectivity index (χ3v) is 4.83. The van der Waals surface area contributed by atoms with E-state index in [4.69, 9.17) is 15.0 Å². The van der Waals surface area contributed by atoms with E-state index >= 15 is 0 Å². The Morgan fingerprint density at radius 2 is 2.24 bits per heavy atom. The number of nitrogens with one attached hydrogen (secondary N) is 1. The molecule has 1 saturated heterocycles. The summed E-state index contributed by atoms with van der Waals surface area (Å²) in [6.07, 6.45) is 1.09. The summed E-state index contributed by atoms with van der Waals surface area (Å²) >= 11 is 0. The van der Waals surface area contributed by atoms with Crippen LogP contribution in [-0.4, -0.2) is 35.1 Å². The predicted molar refractivity (Wildman–Crippen MR) is 96.4 cm³/mol. The van der Waals surface area contributed by atoms with E-state index in [2.05, 4.69) is 22.0 Å². The van der Waals surface area contributed by atoms with Gasteiger partial charge in [0, 0.05) is 25.1 Å². The minimum absolute atomic E-state index is 0.414. The molecule has 2 aromatic carbocycles. The van der Waals surface area contributed by atoms with Crippen molar-refractivity contribution in [1.82, 2.24) is 14.9 Å². The first-order valence-corrected chi connectivity index (χ1v) is 8.50. The van der Waals surface area contributed by atoms with Crippen LogP contribution in [-0.2, 0) is 6.54 Å². The van der Waals surface area contributed by atoms with Crippen LogP contribution in [0.5, 0.6) is 5.75 Å². The number of hydrogen-bond acceptors (Lipinski definition) is 4. The van der Waals surface area contributed by atoms with Gasteiger partial charge < -0.3 is 9.72 Å². The number of aromatic amines is 1. The second-order valence-electron chi connectivity index (χ2n) is 6.54. The summed E-state index contributed by atoms with van der Waals surface area (Å²) in [5, 5.41) is 9.04. The first-order chi connectivity index (χ1) is 12.2. The molecule has 1 fully saturated rings. The highest BCUT2D eigenvalue weighted by molar-refractivity contribution is 5.76.